The molecule has 0 aliphatic rings. The molecule has 6 heteroatoms. The van der Waals surface area contributed by atoms with E-state index in [-0.39, 0.29) is 31.1 Å². The van der Waals surface area contributed by atoms with Crippen LogP contribution in [0, 0.1) is 11.8 Å². The zero-order valence-corrected chi connectivity index (χ0v) is 42.5. The van der Waals surface area contributed by atoms with Crippen LogP contribution in [0.2, 0.25) is 0 Å². The van der Waals surface area contributed by atoms with Crippen molar-refractivity contribution in [3.05, 3.63) is 0 Å². The van der Waals surface area contributed by atoms with E-state index in [1.165, 1.54) is 199 Å². The third-order valence-corrected chi connectivity index (χ3v) is 13.1. The zero-order valence-electron chi connectivity index (χ0n) is 42.5. The molecular formula is C56H108O6. The molecule has 2 atom stereocenters. The summed E-state index contributed by atoms with van der Waals surface area (Å²) in [6, 6.07) is 0. The van der Waals surface area contributed by atoms with Crippen LogP contribution < -0.4 is 0 Å². The number of hydrogen-bond acceptors (Lipinski definition) is 6. The molecule has 62 heavy (non-hydrogen) atoms. The molecule has 0 spiro atoms. The predicted octanol–water partition coefficient (Wildman–Crippen LogP) is 18.1. The molecule has 0 bridgehead atoms. The molecule has 0 radical (unpaired) electrons. The summed E-state index contributed by atoms with van der Waals surface area (Å²) < 4.78 is 16.9. The highest BCUT2D eigenvalue weighted by atomic mass is 16.6. The van der Waals surface area contributed by atoms with Gasteiger partial charge in [-0.3, -0.25) is 14.4 Å². The van der Waals surface area contributed by atoms with Crippen LogP contribution in [0.15, 0.2) is 0 Å². The molecule has 0 heterocycles. The van der Waals surface area contributed by atoms with E-state index >= 15 is 0 Å². The summed E-state index contributed by atoms with van der Waals surface area (Å²) >= 11 is 0. The topological polar surface area (TPSA) is 78.9 Å². The summed E-state index contributed by atoms with van der Waals surface area (Å²) in [5.74, 6) is 0.851. The van der Waals surface area contributed by atoms with E-state index in [0.717, 1.165) is 69.6 Å². The monoisotopic (exact) mass is 877 g/mol. The molecule has 6 nitrogen and oxygen atoms in total. The van der Waals surface area contributed by atoms with Gasteiger partial charge < -0.3 is 14.2 Å². The standard InChI is InChI=1S/C56H108O6/c1-6-8-9-10-11-12-13-14-15-16-17-20-26-31-36-41-46-54(57)60-49-53(62-56(59)48-43-38-33-28-23-22-25-30-35-40-45-52(5)7-2)50-61-55(58)47-42-37-32-27-21-18-19-24-29-34-39-44-51(3)4/h51-53H,6-50H2,1-5H3/t52?,53-/m1/s1. The van der Waals surface area contributed by atoms with Crippen molar-refractivity contribution < 1.29 is 28.6 Å². The normalized spacial score (nSPS) is 12.5. The Morgan fingerprint density at radius 2 is 0.613 bits per heavy atom. The van der Waals surface area contributed by atoms with Crippen LogP contribution in [-0.4, -0.2) is 37.2 Å². The summed E-state index contributed by atoms with van der Waals surface area (Å²) in [6.45, 7) is 11.4. The van der Waals surface area contributed by atoms with E-state index in [4.69, 9.17) is 14.2 Å². The molecular weight excluding hydrogens is 769 g/mol. The summed E-state index contributed by atoms with van der Waals surface area (Å²) in [4.78, 5) is 38.1. The number of unbranched alkanes of at least 4 members (excludes halogenated alkanes) is 34. The minimum atomic E-state index is -0.762. The molecule has 1 unspecified atom stereocenters. The quantitative estimate of drug-likeness (QED) is 0.0344. The maximum Gasteiger partial charge on any atom is 0.306 e. The number of esters is 3. The highest BCUT2D eigenvalue weighted by molar-refractivity contribution is 5.71. The molecule has 0 aliphatic heterocycles. The van der Waals surface area contributed by atoms with Crippen molar-refractivity contribution in [1.82, 2.24) is 0 Å². The first kappa shape index (κ1) is 60.4. The Kier molecular flexibility index (Phi) is 47.6. The predicted molar refractivity (Wildman–Crippen MR) is 266 cm³/mol. The molecule has 0 amide bonds. The minimum absolute atomic E-state index is 0.0632. The van der Waals surface area contributed by atoms with Gasteiger partial charge in [-0.25, -0.2) is 0 Å². The fraction of sp³-hybridized carbons (Fsp3) is 0.946. The summed E-state index contributed by atoms with van der Waals surface area (Å²) in [7, 11) is 0. The second-order valence-electron chi connectivity index (χ2n) is 19.9. The van der Waals surface area contributed by atoms with Crippen LogP contribution in [0.3, 0.4) is 0 Å². The third-order valence-electron chi connectivity index (χ3n) is 13.1. The second-order valence-corrected chi connectivity index (χ2v) is 19.9. The van der Waals surface area contributed by atoms with E-state index in [1.54, 1.807) is 0 Å². The second kappa shape index (κ2) is 48.9. The minimum Gasteiger partial charge on any atom is -0.462 e. The smallest absolute Gasteiger partial charge is 0.306 e. The van der Waals surface area contributed by atoms with Crippen LogP contribution in [-0.2, 0) is 28.6 Å². The van der Waals surface area contributed by atoms with Gasteiger partial charge in [0.25, 0.3) is 0 Å². The van der Waals surface area contributed by atoms with Crippen LogP contribution in [0.25, 0.3) is 0 Å². The van der Waals surface area contributed by atoms with E-state index in [2.05, 4.69) is 34.6 Å². The van der Waals surface area contributed by atoms with Crippen molar-refractivity contribution in [3.63, 3.8) is 0 Å². The lowest BCUT2D eigenvalue weighted by Gasteiger charge is -2.18. The summed E-state index contributed by atoms with van der Waals surface area (Å²) in [5.41, 5.74) is 0. The number of carbonyl (C=O) groups excluding carboxylic acids is 3. The molecule has 0 aromatic carbocycles. The molecule has 0 rings (SSSR count). The number of carbonyl (C=O) groups is 3. The first-order valence-corrected chi connectivity index (χ1v) is 27.8. The van der Waals surface area contributed by atoms with Gasteiger partial charge in [0, 0.05) is 19.3 Å². The summed E-state index contributed by atoms with van der Waals surface area (Å²) in [5, 5.41) is 0. The highest BCUT2D eigenvalue weighted by Gasteiger charge is 2.19. The average Bonchev–Trinajstić information content (AvgIpc) is 3.26. The van der Waals surface area contributed by atoms with Crippen LogP contribution in [0.1, 0.15) is 311 Å². The highest BCUT2D eigenvalue weighted by Crippen LogP contribution is 2.18. The van der Waals surface area contributed by atoms with Gasteiger partial charge in [-0.1, -0.05) is 272 Å². The van der Waals surface area contributed by atoms with E-state index in [9.17, 15) is 14.4 Å². The van der Waals surface area contributed by atoms with Crippen molar-refractivity contribution in [3.8, 4) is 0 Å². The van der Waals surface area contributed by atoms with Gasteiger partial charge in [-0.2, -0.15) is 0 Å². The Labute approximate surface area is 387 Å². The Morgan fingerprint density at radius 1 is 0.339 bits per heavy atom. The van der Waals surface area contributed by atoms with Crippen LogP contribution in [0.4, 0.5) is 0 Å². The van der Waals surface area contributed by atoms with Gasteiger partial charge >= 0.3 is 17.9 Å². The molecule has 368 valence electrons. The lowest BCUT2D eigenvalue weighted by atomic mass is 9.99. The Bertz CT molecular complexity index is 949. The first-order valence-electron chi connectivity index (χ1n) is 27.8. The van der Waals surface area contributed by atoms with Crippen LogP contribution >= 0.6 is 0 Å². The molecule has 0 saturated carbocycles. The maximum atomic E-state index is 12.8. The zero-order chi connectivity index (χ0) is 45.4. The molecule has 0 fully saturated rings. The number of ether oxygens (including phenoxy) is 3. The van der Waals surface area contributed by atoms with Gasteiger partial charge in [0.15, 0.2) is 6.10 Å². The molecule has 0 aromatic heterocycles. The SMILES string of the molecule is CCCCCCCCCCCCCCCCCCC(=O)OC[C@H](COC(=O)CCCCCCCCCCCCCC(C)C)OC(=O)CCCCCCCCCCCCC(C)CC. The number of hydrogen-bond donors (Lipinski definition) is 0. The van der Waals surface area contributed by atoms with E-state index in [0.29, 0.717) is 19.3 Å². The first-order chi connectivity index (χ1) is 30.3. The fourth-order valence-electron chi connectivity index (χ4n) is 8.49. The van der Waals surface area contributed by atoms with Crippen LogP contribution in [0.5, 0.6) is 0 Å². The Hall–Kier alpha value is -1.59. The van der Waals surface area contributed by atoms with E-state index < -0.39 is 6.10 Å². The summed E-state index contributed by atoms with van der Waals surface area (Å²) in [6.07, 6.45) is 50.8. The van der Waals surface area contributed by atoms with Crippen molar-refractivity contribution in [1.29, 1.82) is 0 Å². The average molecular weight is 877 g/mol. The molecule has 0 aliphatic carbocycles. The van der Waals surface area contributed by atoms with Crippen molar-refractivity contribution in [2.45, 2.75) is 317 Å². The Morgan fingerprint density at radius 3 is 0.919 bits per heavy atom. The number of rotatable bonds is 50. The van der Waals surface area contributed by atoms with Gasteiger partial charge in [0.1, 0.15) is 13.2 Å². The lowest BCUT2D eigenvalue weighted by Crippen LogP contribution is -2.30. The van der Waals surface area contributed by atoms with Gasteiger partial charge in [0.05, 0.1) is 0 Å². The van der Waals surface area contributed by atoms with E-state index in [1.807, 2.05) is 0 Å². The van der Waals surface area contributed by atoms with Gasteiger partial charge in [-0.15, -0.1) is 0 Å². The van der Waals surface area contributed by atoms with Crippen molar-refractivity contribution >= 4 is 17.9 Å². The Balaban J connectivity index is 4.31. The van der Waals surface area contributed by atoms with Crippen molar-refractivity contribution in [2.75, 3.05) is 13.2 Å². The molecule has 0 saturated heterocycles. The fourth-order valence-corrected chi connectivity index (χ4v) is 8.49. The molecule has 0 N–H and O–H groups in total. The largest absolute Gasteiger partial charge is 0.462 e. The van der Waals surface area contributed by atoms with Gasteiger partial charge in [0.2, 0.25) is 0 Å². The maximum absolute atomic E-state index is 12.8. The molecule has 0 aromatic rings. The lowest BCUT2D eigenvalue weighted by molar-refractivity contribution is -0.167. The van der Waals surface area contributed by atoms with Gasteiger partial charge in [-0.05, 0) is 31.1 Å². The third kappa shape index (κ3) is 47.9. The van der Waals surface area contributed by atoms with Crippen molar-refractivity contribution in [2.24, 2.45) is 11.8 Å².